The molecule has 1 aromatic carbocycles. The number of halogens is 1. The summed E-state index contributed by atoms with van der Waals surface area (Å²) in [5, 5.41) is 12.0. The number of phenols is 1. The zero-order valence-electron chi connectivity index (χ0n) is 8.87. The maximum absolute atomic E-state index is 13.3. The summed E-state index contributed by atoms with van der Waals surface area (Å²) in [4.78, 5) is 11.6. The van der Waals surface area contributed by atoms with Gasteiger partial charge in [-0.3, -0.25) is 4.79 Å². The van der Waals surface area contributed by atoms with Gasteiger partial charge >= 0.3 is 0 Å². The Labute approximate surface area is 93.3 Å². The molecule has 2 rings (SSSR count). The van der Waals surface area contributed by atoms with Gasteiger partial charge < -0.3 is 10.4 Å². The van der Waals surface area contributed by atoms with Crippen molar-refractivity contribution in [3.63, 3.8) is 0 Å². The van der Waals surface area contributed by atoms with E-state index in [1.54, 1.807) is 0 Å². The first-order valence-electron chi connectivity index (χ1n) is 5.44. The standard InChI is InChI=1S/C12H14FNO2/c13-9-5-2-6-10(15)11(9)12(16)14-7-8-3-1-4-8/h2,5-6,8,15H,1,3-4,7H2,(H,14,16). The van der Waals surface area contributed by atoms with Gasteiger partial charge in [0.1, 0.15) is 17.1 Å². The number of amides is 1. The number of carbonyl (C=O) groups excluding carboxylic acids is 1. The van der Waals surface area contributed by atoms with Crippen LogP contribution < -0.4 is 5.32 Å². The van der Waals surface area contributed by atoms with Crippen molar-refractivity contribution in [1.82, 2.24) is 5.32 Å². The summed E-state index contributed by atoms with van der Waals surface area (Å²) in [6.07, 6.45) is 3.43. The van der Waals surface area contributed by atoms with Crippen molar-refractivity contribution in [3.05, 3.63) is 29.6 Å². The predicted octanol–water partition coefficient (Wildman–Crippen LogP) is 2.06. The lowest BCUT2D eigenvalue weighted by Crippen LogP contribution is -2.32. The molecule has 0 aromatic heterocycles. The van der Waals surface area contributed by atoms with Crippen LogP contribution >= 0.6 is 0 Å². The molecule has 3 nitrogen and oxygen atoms in total. The molecule has 2 N–H and O–H groups in total. The molecule has 1 amide bonds. The molecule has 1 aromatic rings. The van der Waals surface area contributed by atoms with Crippen molar-refractivity contribution in [2.45, 2.75) is 19.3 Å². The van der Waals surface area contributed by atoms with E-state index in [0.717, 1.165) is 18.9 Å². The summed E-state index contributed by atoms with van der Waals surface area (Å²) in [5.41, 5.74) is -0.262. The first kappa shape index (κ1) is 10.9. The fourth-order valence-corrected chi connectivity index (χ4v) is 1.76. The van der Waals surface area contributed by atoms with E-state index in [9.17, 15) is 14.3 Å². The van der Waals surface area contributed by atoms with Crippen molar-refractivity contribution in [3.8, 4) is 5.75 Å². The van der Waals surface area contributed by atoms with Crippen LogP contribution in [0, 0.1) is 11.7 Å². The van der Waals surface area contributed by atoms with Gasteiger partial charge in [-0.05, 0) is 30.9 Å². The average molecular weight is 223 g/mol. The Hall–Kier alpha value is -1.58. The van der Waals surface area contributed by atoms with Gasteiger partial charge in [0.2, 0.25) is 0 Å². The van der Waals surface area contributed by atoms with Crippen LogP contribution in [-0.2, 0) is 0 Å². The third kappa shape index (κ3) is 2.15. The first-order chi connectivity index (χ1) is 7.68. The summed E-state index contributed by atoms with van der Waals surface area (Å²) in [6, 6.07) is 3.84. The molecule has 0 saturated heterocycles. The molecule has 16 heavy (non-hydrogen) atoms. The number of benzene rings is 1. The van der Waals surface area contributed by atoms with E-state index >= 15 is 0 Å². The molecule has 1 aliphatic carbocycles. The molecule has 0 atom stereocenters. The van der Waals surface area contributed by atoms with Crippen molar-refractivity contribution >= 4 is 5.91 Å². The van der Waals surface area contributed by atoms with Crippen LogP contribution in [0.15, 0.2) is 18.2 Å². The number of hydrogen-bond acceptors (Lipinski definition) is 2. The molecule has 4 heteroatoms. The van der Waals surface area contributed by atoms with Gasteiger partial charge in [0, 0.05) is 6.54 Å². The number of nitrogens with one attached hydrogen (secondary N) is 1. The zero-order valence-corrected chi connectivity index (χ0v) is 8.87. The summed E-state index contributed by atoms with van der Waals surface area (Å²) >= 11 is 0. The molecule has 1 saturated carbocycles. The minimum Gasteiger partial charge on any atom is -0.507 e. The van der Waals surface area contributed by atoms with E-state index in [0.29, 0.717) is 12.5 Å². The number of aromatic hydroxyl groups is 1. The molecule has 0 radical (unpaired) electrons. The number of carbonyl (C=O) groups is 1. The van der Waals surface area contributed by atoms with Crippen LogP contribution in [0.4, 0.5) is 4.39 Å². The van der Waals surface area contributed by atoms with Gasteiger partial charge in [-0.1, -0.05) is 12.5 Å². The maximum atomic E-state index is 13.3. The van der Waals surface area contributed by atoms with Crippen molar-refractivity contribution in [1.29, 1.82) is 0 Å². The van der Waals surface area contributed by atoms with E-state index in [-0.39, 0.29) is 11.3 Å². The minimum atomic E-state index is -0.689. The van der Waals surface area contributed by atoms with Crippen molar-refractivity contribution in [2.24, 2.45) is 5.92 Å². The molecule has 86 valence electrons. The van der Waals surface area contributed by atoms with Gasteiger partial charge in [0.15, 0.2) is 0 Å². The lowest BCUT2D eigenvalue weighted by molar-refractivity contribution is 0.0932. The fourth-order valence-electron chi connectivity index (χ4n) is 1.76. The summed E-state index contributed by atoms with van der Waals surface area (Å²) in [6.45, 7) is 0.562. The SMILES string of the molecule is O=C(NCC1CCC1)c1c(O)cccc1F. The Morgan fingerprint density at radius 2 is 2.25 bits per heavy atom. The molecule has 1 fully saturated rings. The predicted molar refractivity (Wildman–Crippen MR) is 57.7 cm³/mol. The van der Waals surface area contributed by atoms with E-state index in [1.807, 2.05) is 0 Å². The average Bonchev–Trinajstić information content (AvgIpc) is 2.15. The molecular formula is C12H14FNO2. The molecule has 0 bridgehead atoms. The van der Waals surface area contributed by atoms with Crippen molar-refractivity contribution < 1.29 is 14.3 Å². The van der Waals surface area contributed by atoms with Gasteiger partial charge in [-0.15, -0.1) is 0 Å². The second-order valence-electron chi connectivity index (χ2n) is 4.14. The normalized spacial score (nSPS) is 15.6. The van der Waals surface area contributed by atoms with Crippen LogP contribution in [-0.4, -0.2) is 17.6 Å². The molecule has 0 aliphatic heterocycles. The zero-order chi connectivity index (χ0) is 11.5. The molecule has 0 unspecified atom stereocenters. The smallest absolute Gasteiger partial charge is 0.258 e. The van der Waals surface area contributed by atoms with Crippen molar-refractivity contribution in [2.75, 3.05) is 6.54 Å². The lowest BCUT2D eigenvalue weighted by atomic mass is 9.85. The fraction of sp³-hybridized carbons (Fsp3) is 0.417. The maximum Gasteiger partial charge on any atom is 0.258 e. The third-order valence-electron chi connectivity index (χ3n) is 2.99. The molecule has 1 aliphatic rings. The third-order valence-corrected chi connectivity index (χ3v) is 2.99. The Bertz CT molecular complexity index is 382. The lowest BCUT2D eigenvalue weighted by Gasteiger charge is -2.25. The summed E-state index contributed by atoms with van der Waals surface area (Å²) < 4.78 is 13.3. The molecule has 0 spiro atoms. The monoisotopic (exact) mass is 223 g/mol. The largest absolute Gasteiger partial charge is 0.507 e. The van der Waals surface area contributed by atoms with Crippen LogP contribution in [0.1, 0.15) is 29.6 Å². The highest BCUT2D eigenvalue weighted by Gasteiger charge is 2.20. The van der Waals surface area contributed by atoms with Crippen LogP contribution in [0.5, 0.6) is 5.75 Å². The Morgan fingerprint density at radius 3 is 2.81 bits per heavy atom. The highest BCUT2D eigenvalue weighted by molar-refractivity contribution is 5.97. The Kier molecular flexibility index (Phi) is 3.08. The van der Waals surface area contributed by atoms with Gasteiger partial charge in [0.05, 0.1) is 0 Å². The first-order valence-corrected chi connectivity index (χ1v) is 5.44. The topological polar surface area (TPSA) is 49.3 Å². The second kappa shape index (κ2) is 4.51. The highest BCUT2D eigenvalue weighted by Crippen LogP contribution is 2.25. The quantitative estimate of drug-likeness (QED) is 0.824. The number of phenolic OH excluding ortho intramolecular Hbond substituents is 1. The highest BCUT2D eigenvalue weighted by atomic mass is 19.1. The van der Waals surface area contributed by atoms with E-state index in [4.69, 9.17) is 0 Å². The second-order valence-corrected chi connectivity index (χ2v) is 4.14. The van der Waals surface area contributed by atoms with Gasteiger partial charge in [-0.25, -0.2) is 4.39 Å². The molecule has 0 heterocycles. The van der Waals surface area contributed by atoms with E-state index in [1.165, 1.54) is 18.6 Å². The Morgan fingerprint density at radius 1 is 1.50 bits per heavy atom. The Balaban J connectivity index is 2.02. The van der Waals surface area contributed by atoms with Crippen LogP contribution in [0.2, 0.25) is 0 Å². The molecular weight excluding hydrogens is 209 g/mol. The summed E-state index contributed by atoms with van der Waals surface area (Å²) in [7, 11) is 0. The van der Waals surface area contributed by atoms with E-state index in [2.05, 4.69) is 5.32 Å². The van der Waals surface area contributed by atoms with Crippen LogP contribution in [0.3, 0.4) is 0 Å². The van der Waals surface area contributed by atoms with E-state index < -0.39 is 11.7 Å². The number of rotatable bonds is 3. The van der Waals surface area contributed by atoms with Crippen LogP contribution in [0.25, 0.3) is 0 Å². The van der Waals surface area contributed by atoms with Gasteiger partial charge in [-0.2, -0.15) is 0 Å². The minimum absolute atomic E-state index is 0.262. The van der Waals surface area contributed by atoms with Gasteiger partial charge in [0.25, 0.3) is 5.91 Å². The summed E-state index contributed by atoms with van der Waals surface area (Å²) in [5.74, 6) is -1.03. The number of hydrogen-bond donors (Lipinski definition) is 2.